The molecule has 0 radical (unpaired) electrons. The Bertz CT molecular complexity index is 575. The number of hydrogen-bond acceptors (Lipinski definition) is 3. The summed E-state index contributed by atoms with van der Waals surface area (Å²) >= 11 is 0. The number of benzene rings is 1. The molecular weight excluding hydrogens is 273 g/mol. The number of pyridine rings is 1. The first kappa shape index (κ1) is 14.9. The maximum Gasteiger partial charge on any atom is 0.320 e. The summed E-state index contributed by atoms with van der Waals surface area (Å²) in [5, 5.41) is 14.5. The van der Waals surface area contributed by atoms with E-state index in [9.17, 15) is 14.3 Å². The highest BCUT2D eigenvalue weighted by Gasteiger charge is 2.11. The van der Waals surface area contributed by atoms with Crippen molar-refractivity contribution in [1.29, 1.82) is 0 Å². The SMILES string of the molecule is O=C(NC[C@@H](CO)c1ccccc1)Nc1ccc(F)cn1. The van der Waals surface area contributed by atoms with E-state index in [1.165, 1.54) is 12.1 Å². The molecule has 0 aliphatic heterocycles. The highest BCUT2D eigenvalue weighted by atomic mass is 19.1. The van der Waals surface area contributed by atoms with Gasteiger partial charge in [0.25, 0.3) is 0 Å². The molecule has 0 aliphatic rings. The van der Waals surface area contributed by atoms with Crippen molar-refractivity contribution in [2.75, 3.05) is 18.5 Å². The van der Waals surface area contributed by atoms with Crippen molar-refractivity contribution < 1.29 is 14.3 Å². The minimum absolute atomic E-state index is 0.0703. The summed E-state index contributed by atoms with van der Waals surface area (Å²) < 4.78 is 12.7. The summed E-state index contributed by atoms with van der Waals surface area (Å²) in [5.41, 5.74) is 0.945. The Hall–Kier alpha value is -2.47. The second-order valence-electron chi connectivity index (χ2n) is 4.49. The van der Waals surface area contributed by atoms with E-state index >= 15 is 0 Å². The van der Waals surface area contributed by atoms with Crippen molar-refractivity contribution in [3.63, 3.8) is 0 Å². The van der Waals surface area contributed by atoms with Crippen molar-refractivity contribution in [1.82, 2.24) is 10.3 Å². The fraction of sp³-hybridized carbons (Fsp3) is 0.200. The van der Waals surface area contributed by atoms with Crippen molar-refractivity contribution in [3.05, 3.63) is 60.0 Å². The van der Waals surface area contributed by atoms with E-state index in [0.717, 1.165) is 11.8 Å². The van der Waals surface area contributed by atoms with Crippen LogP contribution in [0, 0.1) is 5.82 Å². The smallest absolute Gasteiger partial charge is 0.320 e. The van der Waals surface area contributed by atoms with E-state index in [-0.39, 0.29) is 24.9 Å². The molecule has 2 aromatic rings. The summed E-state index contributed by atoms with van der Waals surface area (Å²) in [6.07, 6.45) is 1.02. The Labute approximate surface area is 121 Å². The molecule has 2 amide bonds. The van der Waals surface area contributed by atoms with Crippen LogP contribution in [0.2, 0.25) is 0 Å². The Morgan fingerprint density at radius 1 is 1.24 bits per heavy atom. The fourth-order valence-electron chi connectivity index (χ4n) is 1.84. The molecule has 0 saturated heterocycles. The van der Waals surface area contributed by atoms with Crippen LogP contribution in [0.4, 0.5) is 15.0 Å². The molecule has 5 nitrogen and oxygen atoms in total. The van der Waals surface area contributed by atoms with Crippen LogP contribution in [0.1, 0.15) is 11.5 Å². The summed E-state index contributed by atoms with van der Waals surface area (Å²) in [7, 11) is 0. The zero-order chi connectivity index (χ0) is 15.1. The number of aromatic nitrogens is 1. The van der Waals surface area contributed by atoms with Gasteiger partial charge in [0.2, 0.25) is 0 Å². The first-order chi connectivity index (χ1) is 10.2. The molecule has 2 rings (SSSR count). The lowest BCUT2D eigenvalue weighted by Gasteiger charge is -2.15. The number of halogens is 1. The second-order valence-corrected chi connectivity index (χ2v) is 4.49. The van der Waals surface area contributed by atoms with Crippen LogP contribution in [-0.4, -0.2) is 29.3 Å². The summed E-state index contributed by atoms with van der Waals surface area (Å²) in [6, 6.07) is 11.5. The standard InChI is InChI=1S/C15H16FN3O2/c16-13-6-7-14(17-9-13)19-15(21)18-8-12(10-20)11-4-2-1-3-5-11/h1-7,9,12,20H,8,10H2,(H2,17,18,19,21)/t12-/m0/s1. The van der Waals surface area contributed by atoms with Gasteiger partial charge in [0, 0.05) is 12.5 Å². The molecule has 0 saturated carbocycles. The van der Waals surface area contributed by atoms with Gasteiger partial charge in [-0.1, -0.05) is 30.3 Å². The zero-order valence-corrected chi connectivity index (χ0v) is 11.3. The maximum absolute atomic E-state index is 12.7. The molecular formula is C15H16FN3O2. The lowest BCUT2D eigenvalue weighted by atomic mass is 10.0. The largest absolute Gasteiger partial charge is 0.396 e. The number of nitrogens with zero attached hydrogens (tertiary/aromatic N) is 1. The average molecular weight is 289 g/mol. The molecule has 6 heteroatoms. The van der Waals surface area contributed by atoms with Gasteiger partial charge in [0.15, 0.2) is 0 Å². The minimum atomic E-state index is -0.467. The van der Waals surface area contributed by atoms with Gasteiger partial charge in [-0.25, -0.2) is 14.2 Å². The van der Waals surface area contributed by atoms with Gasteiger partial charge in [-0.05, 0) is 17.7 Å². The maximum atomic E-state index is 12.7. The number of urea groups is 1. The number of nitrogens with one attached hydrogen (secondary N) is 2. The van der Waals surface area contributed by atoms with E-state index in [2.05, 4.69) is 15.6 Å². The monoisotopic (exact) mass is 289 g/mol. The first-order valence-corrected chi connectivity index (χ1v) is 6.51. The molecule has 0 unspecified atom stereocenters. The van der Waals surface area contributed by atoms with Gasteiger partial charge in [-0.15, -0.1) is 0 Å². The van der Waals surface area contributed by atoms with Crippen LogP contribution in [0.15, 0.2) is 48.7 Å². The van der Waals surface area contributed by atoms with Gasteiger partial charge in [0.05, 0.1) is 12.8 Å². The molecule has 0 bridgehead atoms. The van der Waals surface area contributed by atoms with Crippen LogP contribution in [-0.2, 0) is 0 Å². The van der Waals surface area contributed by atoms with Crippen molar-refractivity contribution >= 4 is 11.8 Å². The number of aliphatic hydroxyl groups excluding tert-OH is 1. The Balaban J connectivity index is 1.86. The third-order valence-corrected chi connectivity index (χ3v) is 2.97. The van der Waals surface area contributed by atoms with E-state index in [4.69, 9.17) is 0 Å². The van der Waals surface area contributed by atoms with E-state index in [0.29, 0.717) is 0 Å². The van der Waals surface area contributed by atoms with E-state index in [1.54, 1.807) is 0 Å². The van der Waals surface area contributed by atoms with Crippen molar-refractivity contribution in [3.8, 4) is 0 Å². The molecule has 1 aromatic carbocycles. The summed E-state index contributed by atoms with van der Waals surface area (Å²) in [4.78, 5) is 15.4. The van der Waals surface area contributed by atoms with Crippen LogP contribution in [0.3, 0.4) is 0 Å². The van der Waals surface area contributed by atoms with Gasteiger partial charge in [0.1, 0.15) is 11.6 Å². The zero-order valence-electron chi connectivity index (χ0n) is 11.3. The molecule has 1 aromatic heterocycles. The van der Waals surface area contributed by atoms with Crippen LogP contribution < -0.4 is 10.6 Å². The molecule has 110 valence electrons. The minimum Gasteiger partial charge on any atom is -0.396 e. The van der Waals surface area contributed by atoms with Crippen molar-refractivity contribution in [2.24, 2.45) is 0 Å². The van der Waals surface area contributed by atoms with E-state index in [1.807, 2.05) is 30.3 Å². The number of carbonyl (C=O) groups is 1. The lowest BCUT2D eigenvalue weighted by Crippen LogP contribution is -2.33. The molecule has 1 heterocycles. The topological polar surface area (TPSA) is 74.2 Å². The molecule has 21 heavy (non-hydrogen) atoms. The summed E-state index contributed by atoms with van der Waals surface area (Å²) in [6.45, 7) is 0.215. The van der Waals surface area contributed by atoms with Crippen LogP contribution in [0.5, 0.6) is 0 Å². The van der Waals surface area contributed by atoms with Crippen LogP contribution >= 0.6 is 0 Å². The van der Waals surface area contributed by atoms with Gasteiger partial charge < -0.3 is 10.4 Å². The predicted octanol–water partition coefficient (Wildman–Crippen LogP) is 2.12. The quantitative estimate of drug-likeness (QED) is 0.789. The molecule has 3 N–H and O–H groups in total. The number of aliphatic hydroxyl groups is 1. The van der Waals surface area contributed by atoms with Crippen molar-refractivity contribution in [2.45, 2.75) is 5.92 Å². The average Bonchev–Trinajstić information content (AvgIpc) is 2.51. The highest BCUT2D eigenvalue weighted by molar-refractivity contribution is 5.88. The Morgan fingerprint density at radius 2 is 2.00 bits per heavy atom. The Kier molecular flexibility index (Phi) is 5.22. The third kappa shape index (κ3) is 4.54. The fourth-order valence-corrected chi connectivity index (χ4v) is 1.84. The number of rotatable bonds is 5. The van der Waals surface area contributed by atoms with Gasteiger partial charge >= 0.3 is 6.03 Å². The molecule has 0 fully saturated rings. The third-order valence-electron chi connectivity index (χ3n) is 2.97. The lowest BCUT2D eigenvalue weighted by molar-refractivity contribution is 0.243. The number of amides is 2. The van der Waals surface area contributed by atoms with E-state index < -0.39 is 11.8 Å². The summed E-state index contributed by atoms with van der Waals surface area (Å²) in [5.74, 6) is -0.391. The first-order valence-electron chi connectivity index (χ1n) is 6.51. The predicted molar refractivity (Wildman–Crippen MR) is 77.5 cm³/mol. The number of hydrogen-bond donors (Lipinski definition) is 3. The second kappa shape index (κ2) is 7.35. The highest BCUT2D eigenvalue weighted by Crippen LogP contribution is 2.13. The van der Waals surface area contributed by atoms with Gasteiger partial charge in [-0.2, -0.15) is 0 Å². The Morgan fingerprint density at radius 3 is 2.62 bits per heavy atom. The molecule has 0 spiro atoms. The normalized spacial score (nSPS) is 11.7. The van der Waals surface area contributed by atoms with Gasteiger partial charge in [-0.3, -0.25) is 5.32 Å². The number of carbonyl (C=O) groups excluding carboxylic acids is 1. The molecule has 1 atom stereocenters. The number of anilines is 1. The molecule has 0 aliphatic carbocycles. The van der Waals surface area contributed by atoms with Crippen LogP contribution in [0.25, 0.3) is 0 Å².